The Kier molecular flexibility index (Phi) is 4.23. The van der Waals surface area contributed by atoms with Crippen molar-refractivity contribution in [3.8, 4) is 0 Å². The predicted molar refractivity (Wildman–Crippen MR) is 75.6 cm³/mol. The summed E-state index contributed by atoms with van der Waals surface area (Å²) < 4.78 is 1.21. The van der Waals surface area contributed by atoms with Gasteiger partial charge in [0, 0.05) is 10.5 Å². The van der Waals surface area contributed by atoms with Crippen molar-refractivity contribution in [1.29, 1.82) is 0 Å². The van der Waals surface area contributed by atoms with Gasteiger partial charge in [0.1, 0.15) is 0 Å². The normalized spacial score (nSPS) is 18.6. The first-order valence-electron chi connectivity index (χ1n) is 6.36. The molecule has 0 bridgehead atoms. The van der Waals surface area contributed by atoms with Crippen molar-refractivity contribution >= 4 is 15.9 Å². The molecule has 1 aromatic rings. The third-order valence-electron chi connectivity index (χ3n) is 3.87. The summed E-state index contributed by atoms with van der Waals surface area (Å²) in [7, 11) is 0. The van der Waals surface area contributed by atoms with Crippen LogP contribution < -0.4 is 11.3 Å². The van der Waals surface area contributed by atoms with Crippen molar-refractivity contribution in [3.05, 3.63) is 33.3 Å². The summed E-state index contributed by atoms with van der Waals surface area (Å²) in [4.78, 5) is 0. The molecule has 3 N–H and O–H groups in total. The largest absolute Gasteiger partial charge is 0.271 e. The zero-order valence-electron chi connectivity index (χ0n) is 10.6. The number of nitrogens with one attached hydrogen (secondary N) is 1. The number of halogens is 1. The van der Waals surface area contributed by atoms with Crippen LogP contribution in [0.1, 0.15) is 48.4 Å². The van der Waals surface area contributed by atoms with E-state index >= 15 is 0 Å². The van der Waals surface area contributed by atoms with Gasteiger partial charge in [-0.25, -0.2) is 0 Å². The fourth-order valence-electron chi connectivity index (χ4n) is 2.95. The summed E-state index contributed by atoms with van der Waals surface area (Å²) in [6.45, 7) is 4.28. The molecule has 1 aromatic carbocycles. The molecule has 0 aromatic heterocycles. The van der Waals surface area contributed by atoms with Crippen LogP contribution in [0.4, 0.5) is 0 Å². The number of benzene rings is 1. The molecule has 1 aliphatic rings. The van der Waals surface area contributed by atoms with Crippen LogP contribution >= 0.6 is 15.9 Å². The van der Waals surface area contributed by atoms with E-state index in [0.29, 0.717) is 12.0 Å². The SMILES string of the molecule is Cc1cc(C(NN)C2CCCC2)cc(C)c1Br. The van der Waals surface area contributed by atoms with Crippen LogP contribution in [-0.2, 0) is 0 Å². The molecule has 0 radical (unpaired) electrons. The number of nitrogens with two attached hydrogens (primary N) is 1. The lowest BCUT2D eigenvalue weighted by molar-refractivity contribution is 0.373. The van der Waals surface area contributed by atoms with Gasteiger partial charge < -0.3 is 0 Å². The van der Waals surface area contributed by atoms with E-state index in [1.807, 2.05) is 0 Å². The maximum Gasteiger partial charge on any atom is 0.0488 e. The smallest absolute Gasteiger partial charge is 0.0488 e. The van der Waals surface area contributed by atoms with Crippen LogP contribution in [0.3, 0.4) is 0 Å². The van der Waals surface area contributed by atoms with Crippen molar-refractivity contribution in [3.63, 3.8) is 0 Å². The van der Waals surface area contributed by atoms with Crippen molar-refractivity contribution in [2.75, 3.05) is 0 Å². The highest BCUT2D eigenvalue weighted by Crippen LogP contribution is 2.36. The van der Waals surface area contributed by atoms with Crippen LogP contribution in [0.25, 0.3) is 0 Å². The number of hydrogen-bond acceptors (Lipinski definition) is 2. The molecule has 1 atom stereocenters. The monoisotopic (exact) mass is 296 g/mol. The highest BCUT2D eigenvalue weighted by molar-refractivity contribution is 9.10. The van der Waals surface area contributed by atoms with Gasteiger partial charge in [0.15, 0.2) is 0 Å². The predicted octanol–water partition coefficient (Wildman–Crippen LogP) is 3.76. The van der Waals surface area contributed by atoms with E-state index in [9.17, 15) is 0 Å². The Hall–Kier alpha value is -0.380. The van der Waals surface area contributed by atoms with Crippen molar-refractivity contribution < 1.29 is 0 Å². The van der Waals surface area contributed by atoms with Gasteiger partial charge in [0.25, 0.3) is 0 Å². The molecule has 2 rings (SSSR count). The van der Waals surface area contributed by atoms with E-state index in [1.54, 1.807) is 0 Å². The summed E-state index contributed by atoms with van der Waals surface area (Å²) in [5.74, 6) is 6.46. The maximum atomic E-state index is 5.76. The summed E-state index contributed by atoms with van der Waals surface area (Å²) in [5.41, 5.74) is 6.93. The fraction of sp³-hybridized carbons (Fsp3) is 0.571. The molecule has 1 unspecified atom stereocenters. The zero-order valence-corrected chi connectivity index (χ0v) is 12.2. The number of aryl methyl sites for hydroxylation is 2. The zero-order chi connectivity index (χ0) is 12.4. The minimum atomic E-state index is 0.308. The Bertz CT molecular complexity index is 374. The average molecular weight is 297 g/mol. The van der Waals surface area contributed by atoms with Crippen LogP contribution in [0, 0.1) is 19.8 Å². The van der Waals surface area contributed by atoms with Crippen molar-refractivity contribution in [2.24, 2.45) is 11.8 Å². The Morgan fingerprint density at radius 2 is 1.76 bits per heavy atom. The second-order valence-electron chi connectivity index (χ2n) is 5.16. The topological polar surface area (TPSA) is 38.0 Å². The molecule has 3 heteroatoms. The van der Waals surface area contributed by atoms with Gasteiger partial charge >= 0.3 is 0 Å². The van der Waals surface area contributed by atoms with Crippen molar-refractivity contribution in [2.45, 2.75) is 45.6 Å². The van der Waals surface area contributed by atoms with E-state index in [1.165, 1.54) is 46.8 Å². The summed E-state index contributed by atoms with van der Waals surface area (Å²) in [5, 5.41) is 0. The lowest BCUT2D eigenvalue weighted by Crippen LogP contribution is -2.32. The van der Waals surface area contributed by atoms with Gasteiger partial charge in [0.05, 0.1) is 0 Å². The van der Waals surface area contributed by atoms with Gasteiger partial charge in [-0.3, -0.25) is 11.3 Å². The minimum Gasteiger partial charge on any atom is -0.271 e. The second kappa shape index (κ2) is 5.51. The first-order valence-corrected chi connectivity index (χ1v) is 7.15. The van der Waals surface area contributed by atoms with Crippen LogP contribution in [-0.4, -0.2) is 0 Å². The number of rotatable bonds is 3. The van der Waals surface area contributed by atoms with Gasteiger partial charge in [0.2, 0.25) is 0 Å². The molecule has 0 amide bonds. The third kappa shape index (κ3) is 2.72. The van der Waals surface area contributed by atoms with Gasteiger partial charge in [-0.05, 0) is 49.3 Å². The van der Waals surface area contributed by atoms with E-state index < -0.39 is 0 Å². The molecular formula is C14H21BrN2. The minimum absolute atomic E-state index is 0.308. The standard InChI is InChI=1S/C14H21BrN2/c1-9-7-12(8-10(2)13(9)15)14(17-16)11-5-3-4-6-11/h7-8,11,14,17H,3-6,16H2,1-2H3. The van der Waals surface area contributed by atoms with Gasteiger partial charge in [-0.15, -0.1) is 0 Å². The van der Waals surface area contributed by atoms with E-state index in [0.717, 1.165) is 0 Å². The summed E-state index contributed by atoms with van der Waals surface area (Å²) in [6.07, 6.45) is 5.28. The molecule has 0 spiro atoms. The lowest BCUT2D eigenvalue weighted by atomic mass is 9.90. The highest BCUT2D eigenvalue weighted by Gasteiger charge is 2.25. The molecule has 1 fully saturated rings. The quantitative estimate of drug-likeness (QED) is 0.658. The Balaban J connectivity index is 2.30. The molecular weight excluding hydrogens is 276 g/mol. The average Bonchev–Trinajstić information content (AvgIpc) is 2.80. The van der Waals surface area contributed by atoms with Crippen LogP contribution in [0.15, 0.2) is 16.6 Å². The van der Waals surface area contributed by atoms with Crippen LogP contribution in [0.5, 0.6) is 0 Å². The van der Waals surface area contributed by atoms with E-state index in [4.69, 9.17) is 5.84 Å². The fourth-order valence-corrected chi connectivity index (χ4v) is 3.18. The Morgan fingerprint density at radius 3 is 2.24 bits per heavy atom. The van der Waals surface area contributed by atoms with Gasteiger partial charge in [-0.2, -0.15) is 0 Å². The second-order valence-corrected chi connectivity index (χ2v) is 5.95. The molecule has 0 saturated heterocycles. The Morgan fingerprint density at radius 1 is 1.24 bits per heavy atom. The first-order chi connectivity index (χ1) is 8.13. The summed E-state index contributed by atoms with van der Waals surface area (Å²) in [6, 6.07) is 4.81. The molecule has 1 saturated carbocycles. The number of hydrogen-bond donors (Lipinski definition) is 2. The molecule has 94 valence electrons. The molecule has 17 heavy (non-hydrogen) atoms. The lowest BCUT2D eigenvalue weighted by Gasteiger charge is -2.24. The summed E-state index contributed by atoms with van der Waals surface area (Å²) >= 11 is 3.62. The van der Waals surface area contributed by atoms with Crippen LogP contribution in [0.2, 0.25) is 0 Å². The highest BCUT2D eigenvalue weighted by atomic mass is 79.9. The van der Waals surface area contributed by atoms with E-state index in [-0.39, 0.29) is 0 Å². The molecule has 0 heterocycles. The van der Waals surface area contributed by atoms with Gasteiger partial charge in [-0.1, -0.05) is 40.9 Å². The third-order valence-corrected chi connectivity index (χ3v) is 5.12. The Labute approximate surface area is 112 Å². The molecule has 0 aliphatic heterocycles. The molecule has 1 aliphatic carbocycles. The van der Waals surface area contributed by atoms with Crippen molar-refractivity contribution in [1.82, 2.24) is 5.43 Å². The number of hydrazine groups is 1. The first kappa shape index (κ1) is 13.1. The van der Waals surface area contributed by atoms with E-state index in [2.05, 4.69) is 47.3 Å². The molecule has 2 nitrogen and oxygen atoms in total. The maximum absolute atomic E-state index is 5.76.